The normalized spacial score (nSPS) is 10.1. The third-order valence-corrected chi connectivity index (χ3v) is 3.21. The molecule has 0 aliphatic carbocycles. The van der Waals surface area contributed by atoms with Crippen LogP contribution in [0.1, 0.15) is 26.3 Å². The number of halogens is 1. The molecule has 0 aliphatic rings. The van der Waals surface area contributed by atoms with E-state index >= 15 is 0 Å². The van der Waals surface area contributed by atoms with Crippen LogP contribution in [0, 0.1) is 5.82 Å². The molecule has 0 aliphatic heterocycles. The Hall–Kier alpha value is -2.76. The van der Waals surface area contributed by atoms with Crippen LogP contribution >= 0.6 is 0 Å². The smallest absolute Gasteiger partial charge is 0.256 e. The molecule has 1 aromatic heterocycles. The first-order chi connectivity index (χ1) is 10.5. The van der Waals surface area contributed by atoms with Crippen molar-refractivity contribution in [3.05, 3.63) is 65.2 Å². The van der Waals surface area contributed by atoms with Crippen molar-refractivity contribution in [1.82, 2.24) is 15.2 Å². The molecule has 0 saturated carbocycles. The van der Waals surface area contributed by atoms with Crippen LogP contribution in [0.4, 0.5) is 4.39 Å². The number of amides is 2. The number of hydrogen-bond acceptors (Lipinski definition) is 3. The Morgan fingerprint density at radius 1 is 1.23 bits per heavy atom. The van der Waals surface area contributed by atoms with Gasteiger partial charge in [-0.05, 0) is 23.8 Å². The number of nitrogens with one attached hydrogen (secondary N) is 1. The maximum Gasteiger partial charge on any atom is 0.256 e. The Bertz CT molecular complexity index is 686. The molecule has 22 heavy (non-hydrogen) atoms. The molecule has 0 radical (unpaired) electrons. The molecule has 6 heteroatoms. The van der Waals surface area contributed by atoms with E-state index in [0.29, 0.717) is 12.1 Å². The summed E-state index contributed by atoms with van der Waals surface area (Å²) >= 11 is 0. The lowest BCUT2D eigenvalue weighted by atomic mass is 10.1. The lowest BCUT2D eigenvalue weighted by molar-refractivity contribution is 0.0779. The Kier molecular flexibility index (Phi) is 4.83. The standard InChI is InChI=1S/C16H16FN3O2/c1-18-15(21)12-5-3-11(4-6-12)10-20(2)16(22)13-7-8-19-9-14(13)17/h3-9H,10H2,1-2H3,(H,18,21). The summed E-state index contributed by atoms with van der Waals surface area (Å²) in [4.78, 5) is 28.7. The summed E-state index contributed by atoms with van der Waals surface area (Å²) in [6.45, 7) is 0.314. The highest BCUT2D eigenvalue weighted by molar-refractivity contribution is 5.94. The van der Waals surface area contributed by atoms with Crippen LogP contribution in [-0.2, 0) is 6.54 Å². The van der Waals surface area contributed by atoms with Crippen LogP contribution < -0.4 is 5.32 Å². The van der Waals surface area contributed by atoms with Crippen molar-refractivity contribution >= 4 is 11.8 Å². The number of carbonyl (C=O) groups excluding carboxylic acids is 2. The molecule has 0 fully saturated rings. The average Bonchev–Trinajstić information content (AvgIpc) is 2.54. The molecular weight excluding hydrogens is 285 g/mol. The van der Waals surface area contributed by atoms with Crippen LogP contribution in [0.25, 0.3) is 0 Å². The molecule has 1 N–H and O–H groups in total. The van der Waals surface area contributed by atoms with E-state index < -0.39 is 11.7 Å². The van der Waals surface area contributed by atoms with E-state index in [2.05, 4.69) is 10.3 Å². The molecule has 5 nitrogen and oxygen atoms in total. The van der Waals surface area contributed by atoms with E-state index in [4.69, 9.17) is 0 Å². The van der Waals surface area contributed by atoms with Crippen molar-refractivity contribution in [2.75, 3.05) is 14.1 Å². The second kappa shape index (κ2) is 6.80. The summed E-state index contributed by atoms with van der Waals surface area (Å²) in [5.74, 6) is -1.24. The van der Waals surface area contributed by atoms with E-state index in [9.17, 15) is 14.0 Å². The SMILES string of the molecule is CNC(=O)c1ccc(CN(C)C(=O)c2ccncc2F)cc1. The summed E-state index contributed by atoms with van der Waals surface area (Å²) in [5.41, 5.74) is 1.37. The van der Waals surface area contributed by atoms with Gasteiger partial charge in [-0.3, -0.25) is 14.6 Å². The van der Waals surface area contributed by atoms with Crippen molar-refractivity contribution < 1.29 is 14.0 Å². The first kappa shape index (κ1) is 15.6. The monoisotopic (exact) mass is 301 g/mol. The Balaban J connectivity index is 2.08. The van der Waals surface area contributed by atoms with E-state index in [1.54, 1.807) is 38.4 Å². The summed E-state index contributed by atoms with van der Waals surface area (Å²) in [7, 11) is 3.15. The van der Waals surface area contributed by atoms with Gasteiger partial charge < -0.3 is 10.2 Å². The number of rotatable bonds is 4. The molecule has 2 rings (SSSR count). The molecule has 2 aromatic rings. The predicted octanol–water partition coefficient (Wildman–Crippen LogP) is 1.85. The minimum absolute atomic E-state index is 0.0144. The van der Waals surface area contributed by atoms with Gasteiger partial charge in [-0.2, -0.15) is 0 Å². The topological polar surface area (TPSA) is 62.3 Å². The molecule has 1 aromatic carbocycles. The van der Waals surface area contributed by atoms with Crippen LogP contribution in [0.3, 0.4) is 0 Å². The fraction of sp³-hybridized carbons (Fsp3) is 0.188. The molecule has 1 heterocycles. The van der Waals surface area contributed by atoms with Crippen molar-refractivity contribution in [3.63, 3.8) is 0 Å². The van der Waals surface area contributed by atoms with Gasteiger partial charge in [0.2, 0.25) is 0 Å². The summed E-state index contributed by atoms with van der Waals surface area (Å²) in [6, 6.07) is 8.23. The summed E-state index contributed by atoms with van der Waals surface area (Å²) in [5, 5.41) is 2.54. The summed E-state index contributed by atoms with van der Waals surface area (Å²) in [6.07, 6.45) is 2.39. The highest BCUT2D eigenvalue weighted by Gasteiger charge is 2.16. The van der Waals surface area contributed by atoms with E-state index in [1.807, 2.05) is 0 Å². The van der Waals surface area contributed by atoms with Gasteiger partial charge in [0.1, 0.15) is 0 Å². The first-order valence-corrected chi connectivity index (χ1v) is 6.69. The molecular formula is C16H16FN3O2. The maximum atomic E-state index is 13.6. The van der Waals surface area contributed by atoms with Gasteiger partial charge in [0, 0.05) is 32.4 Å². The second-order valence-corrected chi connectivity index (χ2v) is 4.79. The van der Waals surface area contributed by atoms with Crippen LogP contribution in [0.2, 0.25) is 0 Å². The van der Waals surface area contributed by atoms with Crippen molar-refractivity contribution in [2.45, 2.75) is 6.54 Å². The average molecular weight is 301 g/mol. The van der Waals surface area contributed by atoms with Crippen molar-refractivity contribution in [3.8, 4) is 0 Å². The Morgan fingerprint density at radius 3 is 2.50 bits per heavy atom. The molecule has 0 spiro atoms. The van der Waals surface area contributed by atoms with Crippen LogP contribution in [0.15, 0.2) is 42.7 Å². The number of hydrogen-bond donors (Lipinski definition) is 1. The van der Waals surface area contributed by atoms with Crippen molar-refractivity contribution in [1.29, 1.82) is 0 Å². The van der Waals surface area contributed by atoms with Gasteiger partial charge in [0.25, 0.3) is 11.8 Å². The van der Waals surface area contributed by atoms with Crippen LogP contribution in [-0.4, -0.2) is 35.8 Å². The molecule has 0 bridgehead atoms. The fourth-order valence-corrected chi connectivity index (χ4v) is 2.01. The highest BCUT2D eigenvalue weighted by atomic mass is 19.1. The minimum Gasteiger partial charge on any atom is -0.355 e. The lowest BCUT2D eigenvalue weighted by Crippen LogP contribution is -2.27. The number of pyridine rings is 1. The largest absolute Gasteiger partial charge is 0.355 e. The fourth-order valence-electron chi connectivity index (χ4n) is 2.01. The number of aromatic nitrogens is 1. The Morgan fingerprint density at radius 2 is 1.91 bits per heavy atom. The van der Waals surface area contributed by atoms with Gasteiger partial charge in [-0.15, -0.1) is 0 Å². The molecule has 2 amide bonds. The number of nitrogens with zero attached hydrogens (tertiary/aromatic N) is 2. The minimum atomic E-state index is -0.644. The van der Waals surface area contributed by atoms with Crippen LogP contribution in [0.5, 0.6) is 0 Å². The summed E-state index contributed by atoms with van der Waals surface area (Å²) < 4.78 is 13.6. The number of carbonyl (C=O) groups is 2. The predicted molar refractivity (Wildman–Crippen MR) is 79.8 cm³/mol. The van der Waals surface area contributed by atoms with Gasteiger partial charge in [-0.25, -0.2) is 4.39 Å². The molecule has 0 saturated heterocycles. The number of benzene rings is 1. The second-order valence-electron chi connectivity index (χ2n) is 4.79. The van der Waals surface area contributed by atoms with Gasteiger partial charge in [-0.1, -0.05) is 12.1 Å². The van der Waals surface area contributed by atoms with Gasteiger partial charge >= 0.3 is 0 Å². The first-order valence-electron chi connectivity index (χ1n) is 6.69. The molecule has 0 atom stereocenters. The zero-order valence-corrected chi connectivity index (χ0v) is 12.3. The molecule has 0 unspecified atom stereocenters. The Labute approximate surface area is 127 Å². The van der Waals surface area contributed by atoms with E-state index in [1.165, 1.54) is 17.2 Å². The van der Waals surface area contributed by atoms with E-state index in [0.717, 1.165) is 11.8 Å². The van der Waals surface area contributed by atoms with Gasteiger partial charge in [0.05, 0.1) is 11.8 Å². The van der Waals surface area contributed by atoms with Gasteiger partial charge in [0.15, 0.2) is 5.82 Å². The zero-order valence-electron chi connectivity index (χ0n) is 12.3. The highest BCUT2D eigenvalue weighted by Crippen LogP contribution is 2.12. The third-order valence-electron chi connectivity index (χ3n) is 3.21. The molecule has 114 valence electrons. The maximum absolute atomic E-state index is 13.6. The van der Waals surface area contributed by atoms with E-state index in [-0.39, 0.29) is 11.5 Å². The third kappa shape index (κ3) is 3.46. The quantitative estimate of drug-likeness (QED) is 0.937. The lowest BCUT2D eigenvalue weighted by Gasteiger charge is -2.17. The van der Waals surface area contributed by atoms with Crippen molar-refractivity contribution in [2.24, 2.45) is 0 Å². The zero-order chi connectivity index (χ0) is 16.1.